The first kappa shape index (κ1) is 13.3. The zero-order chi connectivity index (χ0) is 13.8. The van der Waals surface area contributed by atoms with Gasteiger partial charge in [-0.25, -0.2) is 9.18 Å². The molecule has 1 heterocycles. The van der Waals surface area contributed by atoms with E-state index in [0.717, 1.165) is 0 Å². The third-order valence-electron chi connectivity index (χ3n) is 2.39. The van der Waals surface area contributed by atoms with Crippen molar-refractivity contribution in [2.75, 3.05) is 0 Å². The standard InChI is InChI=1S/C13H9ClFNO3/c14-10-2-1-8(5-11(10)15)7-19-12-6-16-4-3-9(12)13(17)18/h1-6H,7H2,(H,17,18). The van der Waals surface area contributed by atoms with E-state index in [1.807, 2.05) is 0 Å². The topological polar surface area (TPSA) is 59.4 Å². The minimum Gasteiger partial charge on any atom is -0.486 e. The van der Waals surface area contributed by atoms with Crippen LogP contribution in [0, 0.1) is 5.82 Å². The average molecular weight is 282 g/mol. The van der Waals surface area contributed by atoms with E-state index in [1.165, 1.54) is 30.6 Å². The predicted molar refractivity (Wildman–Crippen MR) is 66.9 cm³/mol. The van der Waals surface area contributed by atoms with Crippen molar-refractivity contribution in [2.24, 2.45) is 0 Å². The molecule has 0 aliphatic carbocycles. The average Bonchev–Trinajstić information content (AvgIpc) is 2.40. The molecular formula is C13H9ClFNO3. The maximum absolute atomic E-state index is 13.2. The van der Waals surface area contributed by atoms with E-state index in [-0.39, 0.29) is 22.9 Å². The quantitative estimate of drug-likeness (QED) is 0.935. The van der Waals surface area contributed by atoms with Gasteiger partial charge in [0.15, 0.2) is 5.75 Å². The van der Waals surface area contributed by atoms with E-state index < -0.39 is 11.8 Å². The number of halogens is 2. The lowest BCUT2D eigenvalue weighted by Crippen LogP contribution is -2.04. The van der Waals surface area contributed by atoms with Crippen LogP contribution in [0.15, 0.2) is 36.7 Å². The van der Waals surface area contributed by atoms with E-state index in [2.05, 4.69) is 4.98 Å². The van der Waals surface area contributed by atoms with Crippen LogP contribution in [0.1, 0.15) is 15.9 Å². The normalized spacial score (nSPS) is 10.2. The van der Waals surface area contributed by atoms with Crippen LogP contribution < -0.4 is 4.74 Å². The zero-order valence-corrected chi connectivity index (χ0v) is 10.4. The van der Waals surface area contributed by atoms with Crippen molar-refractivity contribution in [2.45, 2.75) is 6.61 Å². The van der Waals surface area contributed by atoms with Crippen molar-refractivity contribution in [3.63, 3.8) is 0 Å². The highest BCUT2D eigenvalue weighted by Gasteiger charge is 2.11. The van der Waals surface area contributed by atoms with Crippen LogP contribution in [0.5, 0.6) is 5.75 Å². The van der Waals surface area contributed by atoms with Gasteiger partial charge in [-0.1, -0.05) is 17.7 Å². The maximum atomic E-state index is 13.2. The van der Waals surface area contributed by atoms with Crippen LogP contribution in [-0.2, 0) is 6.61 Å². The second-order valence-electron chi connectivity index (χ2n) is 3.71. The largest absolute Gasteiger partial charge is 0.486 e. The summed E-state index contributed by atoms with van der Waals surface area (Å²) in [5.74, 6) is -1.53. The number of ether oxygens (including phenoxy) is 1. The number of aromatic carboxylic acids is 1. The molecule has 0 bridgehead atoms. The number of hydrogen-bond acceptors (Lipinski definition) is 3. The molecule has 2 aromatic rings. The molecular weight excluding hydrogens is 273 g/mol. The Balaban J connectivity index is 2.14. The van der Waals surface area contributed by atoms with Gasteiger partial charge in [-0.3, -0.25) is 4.98 Å². The number of hydrogen-bond donors (Lipinski definition) is 1. The molecule has 1 N–H and O–H groups in total. The number of aromatic nitrogens is 1. The summed E-state index contributed by atoms with van der Waals surface area (Å²) in [5.41, 5.74) is 0.548. The number of nitrogens with zero attached hydrogens (tertiary/aromatic N) is 1. The molecule has 0 saturated heterocycles. The molecule has 19 heavy (non-hydrogen) atoms. The van der Waals surface area contributed by atoms with E-state index >= 15 is 0 Å². The Morgan fingerprint density at radius 1 is 1.42 bits per heavy atom. The highest BCUT2D eigenvalue weighted by molar-refractivity contribution is 6.30. The molecule has 1 aromatic heterocycles. The van der Waals surface area contributed by atoms with Crippen LogP contribution in [0.2, 0.25) is 5.02 Å². The Kier molecular flexibility index (Phi) is 3.97. The summed E-state index contributed by atoms with van der Waals surface area (Å²) in [7, 11) is 0. The number of rotatable bonds is 4. The SMILES string of the molecule is O=C(O)c1ccncc1OCc1ccc(Cl)c(F)c1. The Morgan fingerprint density at radius 3 is 2.89 bits per heavy atom. The Hall–Kier alpha value is -2.14. The minimum absolute atomic E-state index is 0.00411. The van der Waals surface area contributed by atoms with Gasteiger partial charge in [-0.2, -0.15) is 0 Å². The first-order chi connectivity index (χ1) is 9.08. The highest BCUT2D eigenvalue weighted by Crippen LogP contribution is 2.20. The molecule has 0 amide bonds. The highest BCUT2D eigenvalue weighted by atomic mass is 35.5. The van der Waals surface area contributed by atoms with Crippen LogP contribution >= 0.6 is 11.6 Å². The smallest absolute Gasteiger partial charge is 0.339 e. The van der Waals surface area contributed by atoms with Crippen molar-refractivity contribution in [1.29, 1.82) is 0 Å². The van der Waals surface area contributed by atoms with Crippen molar-refractivity contribution in [1.82, 2.24) is 4.98 Å². The summed E-state index contributed by atoms with van der Waals surface area (Å²) < 4.78 is 18.5. The van der Waals surface area contributed by atoms with Crippen LogP contribution in [0.25, 0.3) is 0 Å². The molecule has 0 saturated carbocycles. The Morgan fingerprint density at radius 2 is 2.21 bits per heavy atom. The van der Waals surface area contributed by atoms with E-state index in [4.69, 9.17) is 21.4 Å². The third-order valence-corrected chi connectivity index (χ3v) is 2.70. The van der Waals surface area contributed by atoms with Crippen molar-refractivity contribution < 1.29 is 19.0 Å². The molecule has 2 rings (SSSR count). The second kappa shape index (κ2) is 5.67. The molecule has 0 radical (unpaired) electrons. The summed E-state index contributed by atoms with van der Waals surface area (Å²) in [6, 6.07) is 5.58. The summed E-state index contributed by atoms with van der Waals surface area (Å²) in [6.45, 7) is 0.0278. The first-order valence-electron chi connectivity index (χ1n) is 5.32. The van der Waals surface area contributed by atoms with Crippen molar-refractivity contribution in [3.05, 3.63) is 58.6 Å². The number of benzene rings is 1. The van der Waals surface area contributed by atoms with Crippen LogP contribution in [0.3, 0.4) is 0 Å². The Labute approximate surface area is 113 Å². The molecule has 0 atom stereocenters. The molecule has 1 aromatic carbocycles. The number of carbonyl (C=O) groups is 1. The predicted octanol–water partition coefficient (Wildman–Crippen LogP) is 3.15. The molecule has 98 valence electrons. The van der Waals surface area contributed by atoms with Gasteiger partial charge in [-0.15, -0.1) is 0 Å². The lowest BCUT2D eigenvalue weighted by Gasteiger charge is -2.08. The lowest BCUT2D eigenvalue weighted by atomic mass is 10.2. The molecule has 0 unspecified atom stereocenters. The van der Waals surface area contributed by atoms with Gasteiger partial charge >= 0.3 is 5.97 Å². The van der Waals surface area contributed by atoms with Crippen molar-refractivity contribution >= 4 is 17.6 Å². The molecule has 0 aliphatic heterocycles. The summed E-state index contributed by atoms with van der Waals surface area (Å²) in [5, 5.41) is 8.98. The number of pyridine rings is 1. The first-order valence-corrected chi connectivity index (χ1v) is 5.70. The molecule has 0 aliphatic rings. The zero-order valence-electron chi connectivity index (χ0n) is 9.64. The Bertz CT molecular complexity index is 619. The number of carboxylic acids is 1. The fourth-order valence-corrected chi connectivity index (χ4v) is 1.58. The fraction of sp³-hybridized carbons (Fsp3) is 0.0769. The monoisotopic (exact) mass is 281 g/mol. The van der Waals surface area contributed by atoms with E-state index in [0.29, 0.717) is 5.56 Å². The van der Waals surface area contributed by atoms with Gasteiger partial charge in [0, 0.05) is 6.20 Å². The van der Waals surface area contributed by atoms with Gasteiger partial charge in [0.2, 0.25) is 0 Å². The van der Waals surface area contributed by atoms with Crippen LogP contribution in [0.4, 0.5) is 4.39 Å². The third kappa shape index (κ3) is 3.20. The molecule has 6 heteroatoms. The maximum Gasteiger partial charge on any atom is 0.339 e. The van der Waals surface area contributed by atoms with E-state index in [1.54, 1.807) is 6.07 Å². The van der Waals surface area contributed by atoms with Crippen molar-refractivity contribution in [3.8, 4) is 5.75 Å². The summed E-state index contributed by atoms with van der Waals surface area (Å²) in [6.07, 6.45) is 2.66. The van der Waals surface area contributed by atoms with E-state index in [9.17, 15) is 9.18 Å². The van der Waals surface area contributed by atoms with Gasteiger partial charge in [0.1, 0.15) is 18.0 Å². The fourth-order valence-electron chi connectivity index (χ4n) is 1.46. The van der Waals surface area contributed by atoms with Gasteiger partial charge in [0.05, 0.1) is 11.2 Å². The minimum atomic E-state index is -1.11. The molecule has 0 fully saturated rings. The molecule has 0 spiro atoms. The molecule has 4 nitrogen and oxygen atoms in total. The lowest BCUT2D eigenvalue weighted by molar-refractivity contribution is 0.0691. The second-order valence-corrected chi connectivity index (χ2v) is 4.12. The van der Waals surface area contributed by atoms with Gasteiger partial charge in [0.25, 0.3) is 0 Å². The summed E-state index contributed by atoms with van der Waals surface area (Å²) >= 11 is 5.56. The number of carboxylic acid groups (broad SMARTS) is 1. The summed E-state index contributed by atoms with van der Waals surface area (Å²) in [4.78, 5) is 14.7. The van der Waals surface area contributed by atoms with Gasteiger partial charge in [-0.05, 0) is 23.8 Å². The van der Waals surface area contributed by atoms with Gasteiger partial charge < -0.3 is 9.84 Å². The van der Waals surface area contributed by atoms with Crippen LogP contribution in [-0.4, -0.2) is 16.1 Å².